The predicted molar refractivity (Wildman–Crippen MR) is 76.9 cm³/mol. The molecular formula is C17H19NO2. The van der Waals surface area contributed by atoms with E-state index in [9.17, 15) is 9.59 Å². The van der Waals surface area contributed by atoms with E-state index in [1.54, 1.807) is 0 Å². The van der Waals surface area contributed by atoms with E-state index in [0.717, 1.165) is 24.8 Å². The van der Waals surface area contributed by atoms with Crippen LogP contribution < -0.4 is 5.32 Å². The number of hydrogen-bond donors (Lipinski definition) is 1. The molecule has 3 nitrogen and oxygen atoms in total. The number of rotatable bonds is 2. The van der Waals surface area contributed by atoms with Crippen molar-refractivity contribution in [2.45, 2.75) is 31.6 Å². The molecule has 104 valence electrons. The van der Waals surface area contributed by atoms with Crippen LogP contribution in [0, 0.1) is 11.8 Å². The lowest BCUT2D eigenvalue weighted by Crippen LogP contribution is -2.46. The van der Waals surface area contributed by atoms with Gasteiger partial charge in [0, 0.05) is 6.42 Å². The predicted octanol–water partition coefficient (Wildman–Crippen LogP) is 2.79. The van der Waals surface area contributed by atoms with Crippen molar-refractivity contribution in [1.82, 2.24) is 5.32 Å². The summed E-state index contributed by atoms with van der Waals surface area (Å²) in [6, 6.07) is 9.85. The minimum absolute atomic E-state index is 0.123. The van der Waals surface area contributed by atoms with E-state index in [2.05, 4.69) is 17.5 Å². The van der Waals surface area contributed by atoms with Crippen LogP contribution in [-0.4, -0.2) is 11.8 Å². The van der Waals surface area contributed by atoms with Crippen LogP contribution in [0.3, 0.4) is 0 Å². The maximum absolute atomic E-state index is 12.3. The Hall–Kier alpha value is -1.90. The van der Waals surface area contributed by atoms with Gasteiger partial charge in [0.1, 0.15) is 0 Å². The summed E-state index contributed by atoms with van der Waals surface area (Å²) in [6.45, 7) is 0. The number of carbonyl (C=O) groups excluding carboxylic acids is 2. The zero-order valence-corrected chi connectivity index (χ0v) is 11.4. The van der Waals surface area contributed by atoms with Gasteiger partial charge in [-0.25, -0.2) is 0 Å². The van der Waals surface area contributed by atoms with Crippen LogP contribution in [0.1, 0.15) is 37.2 Å². The quantitative estimate of drug-likeness (QED) is 0.663. The summed E-state index contributed by atoms with van der Waals surface area (Å²) in [6.07, 6.45) is 7.95. The minimum Gasteiger partial charge on any atom is -0.296 e. The van der Waals surface area contributed by atoms with Crippen LogP contribution in [0.2, 0.25) is 0 Å². The third-order valence-electron chi connectivity index (χ3n) is 4.47. The van der Waals surface area contributed by atoms with Crippen molar-refractivity contribution in [3.8, 4) is 0 Å². The largest absolute Gasteiger partial charge is 0.296 e. The molecule has 1 aromatic carbocycles. The van der Waals surface area contributed by atoms with E-state index in [0.29, 0.717) is 12.3 Å². The Morgan fingerprint density at radius 1 is 1.05 bits per heavy atom. The van der Waals surface area contributed by atoms with Crippen LogP contribution in [0.5, 0.6) is 0 Å². The van der Waals surface area contributed by atoms with Crippen molar-refractivity contribution in [3.05, 3.63) is 48.0 Å². The highest BCUT2D eigenvalue weighted by molar-refractivity contribution is 6.01. The molecule has 3 rings (SSSR count). The summed E-state index contributed by atoms with van der Waals surface area (Å²) in [5.74, 6) is 0.114. The van der Waals surface area contributed by atoms with Gasteiger partial charge in [0.25, 0.3) is 0 Å². The monoisotopic (exact) mass is 269 g/mol. The van der Waals surface area contributed by atoms with E-state index in [1.807, 2.05) is 30.3 Å². The molecule has 1 aromatic rings. The van der Waals surface area contributed by atoms with Crippen molar-refractivity contribution in [2.24, 2.45) is 11.8 Å². The van der Waals surface area contributed by atoms with E-state index >= 15 is 0 Å². The van der Waals surface area contributed by atoms with Gasteiger partial charge in [-0.05, 0) is 36.7 Å². The standard InChI is InChI=1S/C17H19NO2/c19-15-11-14(12-7-3-1-4-8-12)16(17(20)18-15)13-9-5-2-6-10-13/h1-3,5-6,9-10,12,14,16H,4,7-8,11H2,(H,18,19,20). The summed E-state index contributed by atoms with van der Waals surface area (Å²) in [5.41, 5.74) is 1.03. The second-order valence-corrected chi connectivity index (χ2v) is 5.71. The number of benzene rings is 1. The van der Waals surface area contributed by atoms with Gasteiger partial charge in [-0.1, -0.05) is 42.5 Å². The summed E-state index contributed by atoms with van der Waals surface area (Å²) < 4.78 is 0. The molecule has 1 N–H and O–H groups in total. The van der Waals surface area contributed by atoms with Gasteiger partial charge >= 0.3 is 0 Å². The molecule has 2 amide bonds. The first-order valence-electron chi connectivity index (χ1n) is 7.29. The Kier molecular flexibility index (Phi) is 3.68. The number of allylic oxidation sites excluding steroid dienone is 2. The Labute approximate surface area is 119 Å². The summed E-state index contributed by atoms with van der Waals surface area (Å²) in [5, 5.41) is 2.50. The van der Waals surface area contributed by atoms with Crippen LogP contribution >= 0.6 is 0 Å². The fraction of sp³-hybridized carbons (Fsp3) is 0.412. The van der Waals surface area contributed by atoms with Crippen LogP contribution in [-0.2, 0) is 9.59 Å². The molecule has 1 fully saturated rings. The lowest BCUT2D eigenvalue weighted by Gasteiger charge is -2.36. The molecule has 3 unspecified atom stereocenters. The first-order valence-corrected chi connectivity index (χ1v) is 7.29. The summed E-state index contributed by atoms with van der Waals surface area (Å²) in [4.78, 5) is 24.1. The Morgan fingerprint density at radius 2 is 1.85 bits per heavy atom. The molecule has 1 aliphatic carbocycles. The molecule has 1 saturated heterocycles. The molecule has 3 heteroatoms. The number of amides is 2. The highest BCUT2D eigenvalue weighted by Crippen LogP contribution is 2.40. The van der Waals surface area contributed by atoms with Crippen molar-refractivity contribution < 1.29 is 9.59 Å². The second kappa shape index (κ2) is 5.61. The molecule has 1 heterocycles. The van der Waals surface area contributed by atoms with E-state index in [4.69, 9.17) is 0 Å². The average molecular weight is 269 g/mol. The van der Waals surface area contributed by atoms with Gasteiger partial charge in [-0.15, -0.1) is 0 Å². The molecule has 0 bridgehead atoms. The third kappa shape index (κ3) is 2.53. The van der Waals surface area contributed by atoms with Gasteiger partial charge in [-0.2, -0.15) is 0 Å². The van der Waals surface area contributed by atoms with Crippen LogP contribution in [0.4, 0.5) is 0 Å². The average Bonchev–Trinajstić information content (AvgIpc) is 2.48. The molecule has 3 atom stereocenters. The van der Waals surface area contributed by atoms with E-state index in [-0.39, 0.29) is 23.7 Å². The van der Waals surface area contributed by atoms with Crippen molar-refractivity contribution >= 4 is 11.8 Å². The van der Waals surface area contributed by atoms with Crippen molar-refractivity contribution in [3.63, 3.8) is 0 Å². The molecular weight excluding hydrogens is 250 g/mol. The molecule has 2 aliphatic rings. The first-order chi connectivity index (χ1) is 9.75. The van der Waals surface area contributed by atoms with Gasteiger partial charge in [0.15, 0.2) is 0 Å². The number of nitrogens with one attached hydrogen (secondary N) is 1. The number of hydrogen-bond acceptors (Lipinski definition) is 2. The second-order valence-electron chi connectivity index (χ2n) is 5.71. The fourth-order valence-corrected chi connectivity index (χ4v) is 3.50. The highest BCUT2D eigenvalue weighted by Gasteiger charge is 2.40. The normalized spacial score (nSPS) is 30.1. The smallest absolute Gasteiger partial charge is 0.234 e. The molecule has 1 aliphatic heterocycles. The van der Waals surface area contributed by atoms with Crippen LogP contribution in [0.25, 0.3) is 0 Å². The molecule has 0 saturated carbocycles. The van der Waals surface area contributed by atoms with Gasteiger partial charge in [0.2, 0.25) is 11.8 Å². The SMILES string of the molecule is O=C1CC(C2CC=CCC2)C(c2ccccc2)C(=O)N1. The highest BCUT2D eigenvalue weighted by atomic mass is 16.2. The fourth-order valence-electron chi connectivity index (χ4n) is 3.50. The van der Waals surface area contributed by atoms with Crippen molar-refractivity contribution in [2.75, 3.05) is 0 Å². The summed E-state index contributed by atoms with van der Waals surface area (Å²) >= 11 is 0. The lowest BCUT2D eigenvalue weighted by atomic mass is 9.70. The Bertz CT molecular complexity index is 535. The number of carbonyl (C=O) groups is 2. The van der Waals surface area contributed by atoms with Crippen molar-refractivity contribution in [1.29, 1.82) is 0 Å². The molecule has 0 spiro atoms. The third-order valence-corrected chi connectivity index (χ3v) is 4.47. The Balaban J connectivity index is 1.92. The Morgan fingerprint density at radius 3 is 2.55 bits per heavy atom. The first kappa shape index (κ1) is 13.1. The molecule has 0 aromatic heterocycles. The van der Waals surface area contributed by atoms with Gasteiger partial charge in [-0.3, -0.25) is 14.9 Å². The van der Waals surface area contributed by atoms with Gasteiger partial charge < -0.3 is 0 Å². The summed E-state index contributed by atoms with van der Waals surface area (Å²) in [7, 11) is 0. The lowest BCUT2D eigenvalue weighted by molar-refractivity contribution is -0.137. The number of imide groups is 1. The van der Waals surface area contributed by atoms with E-state index < -0.39 is 0 Å². The van der Waals surface area contributed by atoms with E-state index in [1.165, 1.54) is 0 Å². The van der Waals surface area contributed by atoms with Crippen LogP contribution in [0.15, 0.2) is 42.5 Å². The minimum atomic E-state index is -0.189. The topological polar surface area (TPSA) is 46.2 Å². The zero-order chi connectivity index (χ0) is 13.9. The number of piperidine rings is 1. The van der Waals surface area contributed by atoms with Gasteiger partial charge in [0.05, 0.1) is 5.92 Å². The maximum atomic E-state index is 12.3. The molecule has 0 radical (unpaired) electrons. The molecule has 20 heavy (non-hydrogen) atoms. The zero-order valence-electron chi connectivity index (χ0n) is 11.4. The maximum Gasteiger partial charge on any atom is 0.234 e.